The van der Waals surface area contributed by atoms with Gasteiger partial charge in [-0.25, -0.2) is 4.98 Å². The number of hydrogen-bond acceptors (Lipinski definition) is 8. The molecular formula is C29H26N8. The van der Waals surface area contributed by atoms with Crippen molar-refractivity contribution >= 4 is 29.2 Å². The molecule has 0 aliphatic rings. The predicted octanol–water partition coefficient (Wildman–Crippen LogP) is 5.67. The number of nitrogens with zero attached hydrogens (tertiary/aromatic N) is 5. The van der Waals surface area contributed by atoms with Crippen LogP contribution in [0.2, 0.25) is 0 Å². The fourth-order valence-corrected chi connectivity index (χ4v) is 3.85. The third-order valence-corrected chi connectivity index (χ3v) is 5.65. The van der Waals surface area contributed by atoms with E-state index in [1.54, 1.807) is 30.6 Å². The fraction of sp³-hybridized carbons (Fsp3) is 0.138. The van der Waals surface area contributed by atoms with Crippen LogP contribution in [0, 0.1) is 36.5 Å². The Hall–Kier alpha value is -5.05. The number of anilines is 4. The quantitative estimate of drug-likeness (QED) is 0.259. The van der Waals surface area contributed by atoms with Gasteiger partial charge >= 0.3 is 0 Å². The van der Waals surface area contributed by atoms with Crippen molar-refractivity contribution in [3.63, 3.8) is 0 Å². The van der Waals surface area contributed by atoms with Gasteiger partial charge in [-0.15, -0.1) is 0 Å². The van der Waals surface area contributed by atoms with E-state index in [4.69, 9.17) is 15.5 Å². The Morgan fingerprint density at radius 1 is 0.946 bits per heavy atom. The largest absolute Gasteiger partial charge is 0.339 e. The molecule has 3 N–H and O–H groups in total. The molecule has 0 saturated carbocycles. The van der Waals surface area contributed by atoms with E-state index < -0.39 is 0 Å². The summed E-state index contributed by atoms with van der Waals surface area (Å²) in [6.45, 7) is 5.26. The zero-order valence-electron chi connectivity index (χ0n) is 20.7. The van der Waals surface area contributed by atoms with Gasteiger partial charge in [-0.3, -0.25) is 4.98 Å². The number of benzene rings is 2. The van der Waals surface area contributed by atoms with Crippen LogP contribution >= 0.6 is 0 Å². The van der Waals surface area contributed by atoms with E-state index in [2.05, 4.69) is 32.0 Å². The minimum Gasteiger partial charge on any atom is -0.339 e. The average Bonchev–Trinajstić information content (AvgIpc) is 2.91. The summed E-state index contributed by atoms with van der Waals surface area (Å²) in [7, 11) is 0. The highest BCUT2D eigenvalue weighted by atomic mass is 15.1. The van der Waals surface area contributed by atoms with Crippen LogP contribution in [0.15, 0.2) is 73.2 Å². The van der Waals surface area contributed by atoms with Gasteiger partial charge < -0.3 is 16.0 Å². The molecule has 0 saturated heterocycles. The lowest BCUT2D eigenvalue weighted by Crippen LogP contribution is -2.15. The topological polar surface area (TPSA) is 122 Å². The first kappa shape index (κ1) is 25.1. The number of nitrogens with one attached hydrogen (secondary N) is 3. The molecule has 4 aromatic rings. The summed E-state index contributed by atoms with van der Waals surface area (Å²) in [5.41, 5.74) is 7.35. The van der Waals surface area contributed by atoms with Gasteiger partial charge in [-0.2, -0.15) is 15.5 Å². The summed E-state index contributed by atoms with van der Waals surface area (Å²) >= 11 is 0. The normalized spacial score (nSPS) is 10.6. The van der Waals surface area contributed by atoms with Crippen LogP contribution < -0.4 is 16.0 Å². The first-order valence-electron chi connectivity index (χ1n) is 11.7. The molecule has 8 heteroatoms. The molecule has 0 spiro atoms. The summed E-state index contributed by atoms with van der Waals surface area (Å²) in [5, 5.41) is 28.1. The highest BCUT2D eigenvalue weighted by Gasteiger charge is 2.12. The lowest BCUT2D eigenvalue weighted by Gasteiger charge is -2.17. The Morgan fingerprint density at radius 3 is 2.41 bits per heavy atom. The predicted molar refractivity (Wildman–Crippen MR) is 145 cm³/mol. The first-order chi connectivity index (χ1) is 18.1. The van der Waals surface area contributed by atoms with Crippen molar-refractivity contribution in [2.75, 3.05) is 10.6 Å². The third kappa shape index (κ3) is 6.76. The van der Waals surface area contributed by atoms with Gasteiger partial charge in [0.2, 0.25) is 5.95 Å². The summed E-state index contributed by atoms with van der Waals surface area (Å²) in [6.07, 6.45) is 8.65. The summed E-state index contributed by atoms with van der Waals surface area (Å²) in [5.74, 6) is 1.11. The Balaban J connectivity index is 1.61. The van der Waals surface area contributed by atoms with Gasteiger partial charge in [-0.05, 0) is 84.6 Å². The average molecular weight is 487 g/mol. The Kier molecular flexibility index (Phi) is 8.18. The molecule has 2 heterocycles. The standard InChI is InChI=1S/C29H26N8/c1-20-13-23(5-3-11-30)14-21(2)27(20)36-28-25(18-33-17-24-6-4-12-32-16-24)19-34-29(37-28)35-26-9-7-22(15-31)8-10-26/h3-10,12-14,16,19,33H,17-18H2,1-2H3,(H2,34,35,36,37). The third-order valence-electron chi connectivity index (χ3n) is 5.65. The summed E-state index contributed by atoms with van der Waals surface area (Å²) in [6, 6.07) is 19.3. The van der Waals surface area contributed by atoms with Crippen LogP contribution in [0.4, 0.5) is 23.1 Å². The molecule has 0 radical (unpaired) electrons. The monoisotopic (exact) mass is 486 g/mol. The van der Waals surface area contributed by atoms with Crippen LogP contribution in [-0.4, -0.2) is 15.0 Å². The second-order valence-electron chi connectivity index (χ2n) is 8.46. The molecule has 0 aliphatic carbocycles. The molecule has 0 amide bonds. The number of aryl methyl sites for hydroxylation is 2. The molecule has 4 rings (SSSR count). The van der Waals surface area contributed by atoms with Crippen molar-refractivity contribution < 1.29 is 0 Å². The van der Waals surface area contributed by atoms with Crippen LogP contribution in [-0.2, 0) is 13.1 Å². The van der Waals surface area contributed by atoms with Gasteiger partial charge in [0, 0.05) is 54.7 Å². The van der Waals surface area contributed by atoms with E-state index in [1.165, 1.54) is 6.08 Å². The maximum absolute atomic E-state index is 9.04. The molecular weight excluding hydrogens is 460 g/mol. The number of pyridine rings is 1. The molecule has 2 aromatic carbocycles. The Morgan fingerprint density at radius 2 is 1.73 bits per heavy atom. The molecule has 2 aromatic heterocycles. The number of nitriles is 2. The van der Waals surface area contributed by atoms with Crippen LogP contribution in [0.3, 0.4) is 0 Å². The van der Waals surface area contributed by atoms with Crippen molar-refractivity contribution in [3.8, 4) is 12.1 Å². The van der Waals surface area contributed by atoms with E-state index in [1.807, 2.05) is 62.5 Å². The molecule has 0 unspecified atom stereocenters. The number of hydrogen-bond donors (Lipinski definition) is 3. The Bertz CT molecular complexity index is 1460. The molecule has 37 heavy (non-hydrogen) atoms. The van der Waals surface area contributed by atoms with E-state index in [-0.39, 0.29) is 0 Å². The summed E-state index contributed by atoms with van der Waals surface area (Å²) in [4.78, 5) is 13.5. The van der Waals surface area contributed by atoms with Crippen molar-refractivity contribution in [1.29, 1.82) is 10.5 Å². The van der Waals surface area contributed by atoms with Crippen molar-refractivity contribution in [3.05, 3.63) is 107 Å². The van der Waals surface area contributed by atoms with E-state index >= 15 is 0 Å². The zero-order valence-corrected chi connectivity index (χ0v) is 20.7. The maximum Gasteiger partial charge on any atom is 0.229 e. The highest BCUT2D eigenvalue weighted by molar-refractivity contribution is 5.70. The van der Waals surface area contributed by atoms with Crippen molar-refractivity contribution in [1.82, 2.24) is 20.3 Å². The lowest BCUT2D eigenvalue weighted by atomic mass is 10.0. The molecule has 0 atom stereocenters. The number of aromatic nitrogens is 3. The molecule has 182 valence electrons. The van der Waals surface area contributed by atoms with E-state index in [0.29, 0.717) is 30.4 Å². The molecule has 0 fully saturated rings. The smallest absolute Gasteiger partial charge is 0.229 e. The minimum absolute atomic E-state index is 0.437. The minimum atomic E-state index is 0.437. The lowest BCUT2D eigenvalue weighted by molar-refractivity contribution is 0.688. The van der Waals surface area contributed by atoms with Crippen molar-refractivity contribution in [2.24, 2.45) is 0 Å². The SMILES string of the molecule is Cc1cc(C=CC#N)cc(C)c1Nc1nc(Nc2ccc(C#N)cc2)ncc1CNCc1cccnc1. The zero-order chi connectivity index (χ0) is 26.0. The fourth-order valence-electron chi connectivity index (χ4n) is 3.85. The van der Waals surface area contributed by atoms with Crippen molar-refractivity contribution in [2.45, 2.75) is 26.9 Å². The molecule has 0 aliphatic heterocycles. The first-order valence-corrected chi connectivity index (χ1v) is 11.7. The maximum atomic E-state index is 9.04. The number of allylic oxidation sites excluding steroid dienone is 1. The second-order valence-corrected chi connectivity index (χ2v) is 8.46. The molecule has 8 nitrogen and oxygen atoms in total. The van der Waals surface area contributed by atoms with Crippen LogP contribution in [0.5, 0.6) is 0 Å². The summed E-state index contributed by atoms with van der Waals surface area (Å²) < 4.78 is 0. The van der Waals surface area contributed by atoms with Gasteiger partial charge in [-0.1, -0.05) is 6.07 Å². The molecule has 0 bridgehead atoms. The van der Waals surface area contributed by atoms with Gasteiger partial charge in [0.05, 0.1) is 17.7 Å². The number of rotatable bonds is 9. The van der Waals surface area contributed by atoms with Crippen LogP contribution in [0.1, 0.15) is 33.4 Å². The highest BCUT2D eigenvalue weighted by Crippen LogP contribution is 2.28. The van der Waals surface area contributed by atoms with Crippen LogP contribution in [0.25, 0.3) is 6.08 Å². The van der Waals surface area contributed by atoms with E-state index in [0.717, 1.165) is 39.2 Å². The second kappa shape index (κ2) is 12.1. The van der Waals surface area contributed by atoms with Gasteiger partial charge in [0.1, 0.15) is 5.82 Å². The Labute approximate surface area is 216 Å². The van der Waals surface area contributed by atoms with E-state index in [9.17, 15) is 0 Å². The van der Waals surface area contributed by atoms with Gasteiger partial charge in [0.25, 0.3) is 0 Å². The van der Waals surface area contributed by atoms with Gasteiger partial charge in [0.15, 0.2) is 0 Å².